The Morgan fingerprint density at radius 3 is 2.04 bits per heavy atom. The Kier molecular flexibility index (Phi) is 4.47. The van der Waals surface area contributed by atoms with Gasteiger partial charge in [-0.25, -0.2) is 4.98 Å². The van der Waals surface area contributed by atoms with Crippen LogP contribution in [-0.2, 0) is 0 Å². The van der Waals surface area contributed by atoms with Gasteiger partial charge in [0.2, 0.25) is 0 Å². The molecule has 2 aromatic heterocycles. The monoisotopic (exact) mass is 370 g/mol. The highest BCUT2D eigenvalue weighted by Gasteiger charge is 2.27. The SMILES string of the molecule is c1ccc(C(c2ccccc2)N2CCN(c3nncn4cncc34)CC2)cc1. The quantitative estimate of drug-likeness (QED) is 0.553. The highest BCUT2D eigenvalue weighted by Crippen LogP contribution is 2.30. The van der Waals surface area contributed by atoms with Crippen LogP contribution in [0.2, 0.25) is 0 Å². The van der Waals surface area contributed by atoms with Gasteiger partial charge in [-0.1, -0.05) is 60.7 Å². The van der Waals surface area contributed by atoms with E-state index in [9.17, 15) is 0 Å². The smallest absolute Gasteiger partial charge is 0.177 e. The Morgan fingerprint density at radius 2 is 1.39 bits per heavy atom. The molecule has 5 rings (SSSR count). The molecule has 0 saturated carbocycles. The minimum atomic E-state index is 0.265. The summed E-state index contributed by atoms with van der Waals surface area (Å²) < 4.78 is 1.92. The molecule has 1 saturated heterocycles. The van der Waals surface area contributed by atoms with Gasteiger partial charge < -0.3 is 4.90 Å². The second-order valence-corrected chi connectivity index (χ2v) is 7.09. The maximum absolute atomic E-state index is 4.39. The van der Waals surface area contributed by atoms with E-state index in [2.05, 4.69) is 85.6 Å². The molecule has 0 N–H and O–H groups in total. The van der Waals surface area contributed by atoms with Crippen LogP contribution in [0.1, 0.15) is 17.2 Å². The summed E-state index contributed by atoms with van der Waals surface area (Å²) in [5.74, 6) is 0.913. The topological polar surface area (TPSA) is 49.6 Å². The first-order valence-corrected chi connectivity index (χ1v) is 9.62. The molecule has 0 spiro atoms. The van der Waals surface area contributed by atoms with Crippen LogP contribution in [0.25, 0.3) is 5.52 Å². The number of benzene rings is 2. The summed E-state index contributed by atoms with van der Waals surface area (Å²) in [7, 11) is 0. The van der Waals surface area contributed by atoms with Crippen molar-refractivity contribution < 1.29 is 0 Å². The van der Waals surface area contributed by atoms with Gasteiger partial charge in [0.25, 0.3) is 0 Å². The normalized spacial score (nSPS) is 15.4. The van der Waals surface area contributed by atoms with Crippen molar-refractivity contribution in [3.63, 3.8) is 0 Å². The number of fused-ring (bicyclic) bond motifs is 1. The zero-order valence-electron chi connectivity index (χ0n) is 15.6. The molecule has 1 aliphatic heterocycles. The molecule has 6 heteroatoms. The average molecular weight is 370 g/mol. The van der Waals surface area contributed by atoms with E-state index in [0.29, 0.717) is 0 Å². The Labute approximate surface area is 164 Å². The van der Waals surface area contributed by atoms with E-state index < -0.39 is 0 Å². The van der Waals surface area contributed by atoms with Crippen molar-refractivity contribution >= 4 is 11.3 Å². The van der Waals surface area contributed by atoms with Gasteiger partial charge in [-0.05, 0) is 11.1 Å². The van der Waals surface area contributed by atoms with Crippen molar-refractivity contribution in [2.45, 2.75) is 6.04 Å². The van der Waals surface area contributed by atoms with Crippen LogP contribution in [0.3, 0.4) is 0 Å². The van der Waals surface area contributed by atoms with Crippen LogP contribution >= 0.6 is 0 Å². The lowest BCUT2D eigenvalue weighted by atomic mass is 9.96. The summed E-state index contributed by atoms with van der Waals surface area (Å²) in [5.41, 5.74) is 3.67. The lowest BCUT2D eigenvalue weighted by Crippen LogP contribution is -2.48. The van der Waals surface area contributed by atoms with E-state index in [4.69, 9.17) is 0 Å². The molecule has 1 fully saturated rings. The molecule has 0 bridgehead atoms. The highest BCUT2D eigenvalue weighted by molar-refractivity contribution is 5.67. The first kappa shape index (κ1) is 16.9. The van der Waals surface area contributed by atoms with Gasteiger partial charge in [0, 0.05) is 26.2 Å². The van der Waals surface area contributed by atoms with Gasteiger partial charge >= 0.3 is 0 Å². The maximum atomic E-state index is 4.39. The maximum Gasteiger partial charge on any atom is 0.177 e. The molecule has 0 radical (unpaired) electrons. The van der Waals surface area contributed by atoms with E-state index in [-0.39, 0.29) is 6.04 Å². The summed E-state index contributed by atoms with van der Waals surface area (Å²) in [4.78, 5) is 9.10. The summed E-state index contributed by atoms with van der Waals surface area (Å²) in [6, 6.07) is 21.8. The standard InChI is InChI=1S/C22H22N6/c1-3-7-18(8-4-1)21(19-9-5-2-6-10-19)26-11-13-27(14-12-26)22-20-15-23-16-28(20)17-24-25-22/h1-10,15-17,21H,11-14H2. The Morgan fingerprint density at radius 1 is 0.750 bits per heavy atom. The number of anilines is 1. The molecule has 2 aromatic carbocycles. The minimum absolute atomic E-state index is 0.265. The highest BCUT2D eigenvalue weighted by atomic mass is 15.3. The van der Waals surface area contributed by atoms with E-state index >= 15 is 0 Å². The van der Waals surface area contributed by atoms with Crippen LogP contribution in [-0.4, -0.2) is 50.7 Å². The molecule has 0 atom stereocenters. The van der Waals surface area contributed by atoms with Crippen LogP contribution < -0.4 is 4.90 Å². The predicted octanol–water partition coefficient (Wildman–Crippen LogP) is 3.04. The number of hydrogen-bond donors (Lipinski definition) is 0. The van der Waals surface area contributed by atoms with Gasteiger partial charge in [0.15, 0.2) is 5.82 Å². The van der Waals surface area contributed by atoms with E-state index in [1.54, 1.807) is 12.7 Å². The van der Waals surface area contributed by atoms with Gasteiger partial charge in [-0.3, -0.25) is 9.30 Å². The van der Waals surface area contributed by atoms with E-state index in [1.807, 2.05) is 10.6 Å². The summed E-state index contributed by atoms with van der Waals surface area (Å²) in [6.07, 6.45) is 5.32. The molecule has 6 nitrogen and oxygen atoms in total. The fourth-order valence-electron chi connectivity index (χ4n) is 4.06. The predicted molar refractivity (Wildman–Crippen MR) is 109 cm³/mol. The zero-order chi connectivity index (χ0) is 18.8. The first-order chi connectivity index (χ1) is 13.9. The molecule has 28 heavy (non-hydrogen) atoms. The van der Waals surface area contributed by atoms with Gasteiger partial charge in [0.05, 0.1) is 12.2 Å². The first-order valence-electron chi connectivity index (χ1n) is 9.62. The summed E-state index contributed by atoms with van der Waals surface area (Å²) in [6.45, 7) is 3.75. The molecule has 0 aliphatic carbocycles. The van der Waals surface area contributed by atoms with Crippen LogP contribution in [0.15, 0.2) is 79.5 Å². The zero-order valence-corrected chi connectivity index (χ0v) is 15.6. The van der Waals surface area contributed by atoms with E-state index in [1.165, 1.54) is 11.1 Å². The van der Waals surface area contributed by atoms with Gasteiger partial charge in [0.1, 0.15) is 18.2 Å². The van der Waals surface area contributed by atoms with Crippen molar-refractivity contribution in [3.05, 3.63) is 90.6 Å². The van der Waals surface area contributed by atoms with Crippen molar-refractivity contribution in [2.75, 3.05) is 31.1 Å². The third kappa shape index (κ3) is 3.12. The molecule has 1 aliphatic rings. The molecular weight excluding hydrogens is 348 g/mol. The molecular formula is C22H22N6. The lowest BCUT2D eigenvalue weighted by Gasteiger charge is -2.40. The Balaban J connectivity index is 1.40. The molecule has 140 valence electrons. The van der Waals surface area contributed by atoms with Crippen molar-refractivity contribution in [3.8, 4) is 0 Å². The Hall–Kier alpha value is -3.25. The molecule has 0 unspecified atom stereocenters. The van der Waals surface area contributed by atoms with Gasteiger partial charge in [-0.15, -0.1) is 10.2 Å². The lowest BCUT2D eigenvalue weighted by molar-refractivity contribution is 0.212. The minimum Gasteiger partial charge on any atom is -0.351 e. The van der Waals surface area contributed by atoms with Crippen LogP contribution in [0, 0.1) is 0 Å². The average Bonchev–Trinajstić information content (AvgIpc) is 3.25. The number of piperazine rings is 1. The largest absolute Gasteiger partial charge is 0.351 e. The number of rotatable bonds is 4. The van der Waals surface area contributed by atoms with Crippen molar-refractivity contribution in [2.24, 2.45) is 0 Å². The van der Waals surface area contributed by atoms with Crippen molar-refractivity contribution in [1.29, 1.82) is 0 Å². The number of hydrogen-bond acceptors (Lipinski definition) is 5. The second kappa shape index (κ2) is 7.40. The molecule has 3 heterocycles. The third-order valence-corrected chi connectivity index (χ3v) is 5.43. The molecule has 0 amide bonds. The number of aromatic nitrogens is 4. The third-order valence-electron chi connectivity index (χ3n) is 5.43. The summed E-state index contributed by atoms with van der Waals surface area (Å²) >= 11 is 0. The second-order valence-electron chi connectivity index (χ2n) is 7.09. The fraction of sp³-hybridized carbons (Fsp3) is 0.227. The van der Waals surface area contributed by atoms with Crippen LogP contribution in [0.4, 0.5) is 5.82 Å². The summed E-state index contributed by atoms with van der Waals surface area (Å²) in [5, 5.41) is 8.51. The van der Waals surface area contributed by atoms with Crippen LogP contribution in [0.5, 0.6) is 0 Å². The van der Waals surface area contributed by atoms with Gasteiger partial charge in [-0.2, -0.15) is 0 Å². The number of imidazole rings is 1. The molecule has 4 aromatic rings. The van der Waals surface area contributed by atoms with Crippen molar-refractivity contribution in [1.82, 2.24) is 24.5 Å². The van der Waals surface area contributed by atoms with E-state index in [0.717, 1.165) is 37.5 Å². The number of nitrogens with zero attached hydrogens (tertiary/aromatic N) is 6. The Bertz CT molecular complexity index is 999. The fourth-order valence-corrected chi connectivity index (χ4v) is 4.06.